The molecule has 0 fully saturated rings. The summed E-state index contributed by atoms with van der Waals surface area (Å²) in [5.74, 6) is 0. The van der Waals surface area contributed by atoms with Gasteiger partial charge in [0.05, 0.1) is 0 Å². The van der Waals surface area contributed by atoms with Crippen LogP contribution in [-0.4, -0.2) is 0 Å². The van der Waals surface area contributed by atoms with Crippen molar-refractivity contribution in [1.29, 1.82) is 0 Å². The minimum Gasteiger partial charge on any atom is 0 e. The first-order chi connectivity index (χ1) is 0. The molecule has 0 atom stereocenters. The third kappa shape index (κ3) is 24.6. The zero-order chi connectivity index (χ0) is 0. The zero-order valence-electron chi connectivity index (χ0n) is 2.01. The number of rotatable bonds is 0. The van der Waals surface area contributed by atoms with Crippen molar-refractivity contribution in [3.63, 3.8) is 0 Å². The fourth-order valence-corrected chi connectivity index (χ4v) is 0. The van der Waals surface area contributed by atoms with E-state index in [9.17, 15) is 0 Å². The summed E-state index contributed by atoms with van der Waals surface area (Å²) in [6, 6.07) is 0. The Morgan fingerprint density at radius 2 is 0.333 bits per heavy atom. The fourth-order valence-electron chi connectivity index (χ4n) is 0. The van der Waals surface area contributed by atoms with Crippen LogP contribution in [0, 0.1) is 40.8 Å². The molecule has 0 unspecified atom stereocenters. The number of hydrogen-bond donors (Lipinski definition) is 0. The summed E-state index contributed by atoms with van der Waals surface area (Å²) in [5, 5.41) is 0. The molecule has 0 aromatic heterocycles. The Bertz CT molecular complexity index is 3.90. The van der Waals surface area contributed by atoms with Gasteiger partial charge in [-0.15, -0.1) is 0 Å². The van der Waals surface area contributed by atoms with Crippen LogP contribution in [0.3, 0.4) is 0 Å². The Morgan fingerprint density at radius 3 is 0.333 bits per heavy atom. The third-order valence-electron chi connectivity index (χ3n) is 0. The maximum atomic E-state index is 0. The van der Waals surface area contributed by atoms with Gasteiger partial charge in [-0.2, -0.15) is 0 Å². The average molecular weight is 462 g/mol. The second-order valence-electron chi connectivity index (χ2n) is 0. The van der Waals surface area contributed by atoms with E-state index in [1.807, 2.05) is 0 Å². The predicted octanol–water partition coefficient (Wildman–Crippen LogP) is -0.0125. The third-order valence-corrected chi connectivity index (χ3v) is 0. The standard InChI is InChI=1S/5Cu.Nd. The molecule has 0 aromatic rings. The summed E-state index contributed by atoms with van der Waals surface area (Å²) >= 11 is 0. The van der Waals surface area contributed by atoms with Gasteiger partial charge in [0.2, 0.25) is 0 Å². The topological polar surface area (TPSA) is 0 Å². The summed E-state index contributed by atoms with van der Waals surface area (Å²) in [7, 11) is 0. The van der Waals surface area contributed by atoms with Crippen LogP contribution >= 0.6 is 0 Å². The van der Waals surface area contributed by atoms with E-state index in [2.05, 4.69) is 0 Å². The molecule has 0 aliphatic carbocycles. The average Bonchev–Trinajstić information content (AvgIpc) is 0. The van der Waals surface area contributed by atoms with Crippen LogP contribution in [0.2, 0.25) is 0 Å². The van der Waals surface area contributed by atoms with Crippen LogP contribution in [0.15, 0.2) is 0 Å². The van der Waals surface area contributed by atoms with Gasteiger partial charge in [-0.1, -0.05) is 0 Å². The van der Waals surface area contributed by atoms with Gasteiger partial charge < -0.3 is 0 Å². The van der Waals surface area contributed by atoms with Crippen LogP contribution in [0.4, 0.5) is 0 Å². The van der Waals surface area contributed by atoms with Gasteiger partial charge in [-0.3, -0.25) is 0 Å². The monoisotopic (exact) mass is 457 g/mol. The van der Waals surface area contributed by atoms with Gasteiger partial charge in [0.1, 0.15) is 0 Å². The Hall–Kier alpha value is 3.95. The normalized spacial score (nSPS) is 0. The first kappa shape index (κ1) is 51.1. The van der Waals surface area contributed by atoms with Crippen molar-refractivity contribution in [2.45, 2.75) is 0 Å². The van der Waals surface area contributed by atoms with Gasteiger partial charge in [0.25, 0.3) is 0 Å². The smallest absolute Gasteiger partial charge is 0 e. The van der Waals surface area contributed by atoms with Crippen molar-refractivity contribution < 1.29 is 126 Å². The molecule has 59 valence electrons. The zero-order valence-corrected chi connectivity index (χ0v) is 9.92. The number of hydrogen-bond acceptors (Lipinski definition) is 0. The largest absolute Gasteiger partial charge is 0 e. The second-order valence-corrected chi connectivity index (χ2v) is 0. The first-order valence-corrected chi connectivity index (χ1v) is 0. The molecule has 0 heterocycles. The van der Waals surface area contributed by atoms with E-state index in [-0.39, 0.29) is 126 Å². The van der Waals surface area contributed by atoms with Crippen molar-refractivity contribution in [1.82, 2.24) is 0 Å². The van der Waals surface area contributed by atoms with Crippen molar-refractivity contribution >= 4 is 0 Å². The van der Waals surface area contributed by atoms with Crippen molar-refractivity contribution in [2.24, 2.45) is 0 Å². The van der Waals surface area contributed by atoms with Gasteiger partial charge in [-0.05, 0) is 0 Å². The van der Waals surface area contributed by atoms with Crippen molar-refractivity contribution in [3.05, 3.63) is 0 Å². The molecule has 0 saturated carbocycles. The minimum atomic E-state index is 0. The van der Waals surface area contributed by atoms with Crippen LogP contribution in [-0.2, 0) is 85.3 Å². The molecule has 0 amide bonds. The van der Waals surface area contributed by atoms with Crippen LogP contribution in [0.1, 0.15) is 0 Å². The summed E-state index contributed by atoms with van der Waals surface area (Å²) in [6.45, 7) is 0. The van der Waals surface area contributed by atoms with Crippen molar-refractivity contribution in [2.75, 3.05) is 0 Å². The molecule has 0 nitrogen and oxygen atoms in total. The Balaban J connectivity index is 0. The molecule has 6 heteroatoms. The molecule has 6 heavy (non-hydrogen) atoms. The Morgan fingerprint density at radius 1 is 0.333 bits per heavy atom. The molecule has 0 spiro atoms. The molecule has 0 aromatic carbocycles. The van der Waals surface area contributed by atoms with E-state index >= 15 is 0 Å². The molecule has 0 N–H and O–H groups in total. The second kappa shape index (κ2) is 36.3. The summed E-state index contributed by atoms with van der Waals surface area (Å²) in [5.41, 5.74) is 0. The minimum absolute atomic E-state index is 0. The Labute approximate surface area is 123 Å². The molecule has 0 aliphatic heterocycles. The molecular weight excluding hydrogens is 462 g/mol. The van der Waals surface area contributed by atoms with E-state index in [0.29, 0.717) is 0 Å². The van der Waals surface area contributed by atoms with Crippen molar-refractivity contribution in [3.8, 4) is 0 Å². The molecule has 0 aliphatic rings. The van der Waals surface area contributed by atoms with E-state index in [1.165, 1.54) is 0 Å². The molecule has 0 rings (SSSR count). The van der Waals surface area contributed by atoms with Gasteiger partial charge in [0.15, 0.2) is 0 Å². The molecule has 0 bridgehead atoms. The van der Waals surface area contributed by atoms with Crippen LogP contribution < -0.4 is 0 Å². The van der Waals surface area contributed by atoms with E-state index in [0.717, 1.165) is 0 Å². The maximum absolute atomic E-state index is 0. The van der Waals surface area contributed by atoms with Gasteiger partial charge >= 0.3 is 0 Å². The van der Waals surface area contributed by atoms with E-state index in [4.69, 9.17) is 0 Å². The van der Waals surface area contributed by atoms with Gasteiger partial charge in [-0.25, -0.2) is 0 Å². The summed E-state index contributed by atoms with van der Waals surface area (Å²) in [4.78, 5) is 0. The summed E-state index contributed by atoms with van der Waals surface area (Å²) in [6.07, 6.45) is 0. The molecule has 0 saturated heterocycles. The molecular formula is Cu5Nd. The fraction of sp³-hybridized carbons (Fsp3) is 0. The van der Waals surface area contributed by atoms with E-state index in [1.54, 1.807) is 0 Å². The van der Waals surface area contributed by atoms with Crippen LogP contribution in [0.25, 0.3) is 0 Å². The Kier molecular flexibility index (Phi) is 309. The van der Waals surface area contributed by atoms with E-state index < -0.39 is 0 Å². The molecule has 5 radical (unpaired) electrons. The maximum Gasteiger partial charge on any atom is 0 e. The van der Waals surface area contributed by atoms with Crippen LogP contribution in [0.5, 0.6) is 0 Å². The predicted molar refractivity (Wildman–Crippen MR) is 0 cm³/mol. The summed E-state index contributed by atoms with van der Waals surface area (Å²) < 4.78 is 0. The quantitative estimate of drug-likeness (QED) is 0.445. The first-order valence-electron chi connectivity index (χ1n) is 0. The SMILES string of the molecule is [Cu].[Cu].[Cu].[Cu].[Cu].[Nd]. The van der Waals surface area contributed by atoms with Gasteiger partial charge in [0, 0.05) is 126 Å².